The summed E-state index contributed by atoms with van der Waals surface area (Å²) in [6, 6.07) is 0. The Morgan fingerprint density at radius 2 is 2.12 bits per heavy atom. The first kappa shape index (κ1) is 7.10. The first-order chi connectivity index (χ1) is 3.50. The van der Waals surface area contributed by atoms with Crippen LogP contribution in [0.15, 0.2) is 0 Å². The van der Waals surface area contributed by atoms with Crippen LogP contribution < -0.4 is 0 Å². The van der Waals surface area contributed by atoms with Gasteiger partial charge in [0, 0.05) is 0 Å². The van der Waals surface area contributed by atoms with E-state index in [0.29, 0.717) is 0 Å². The van der Waals surface area contributed by atoms with E-state index in [1.807, 2.05) is 0 Å². The van der Waals surface area contributed by atoms with Crippen LogP contribution in [-0.4, -0.2) is 28.1 Å². The van der Waals surface area contributed by atoms with Gasteiger partial charge in [-0.15, -0.1) is 0 Å². The summed E-state index contributed by atoms with van der Waals surface area (Å²) in [7, 11) is 0. The molecule has 0 aliphatic heterocycles. The van der Waals surface area contributed by atoms with Gasteiger partial charge in [-0.05, 0) is 6.92 Å². The highest BCUT2D eigenvalue weighted by molar-refractivity contribution is 5.94. The molecule has 1 atom stereocenters. The molecule has 0 amide bonds. The Hall–Kier alpha value is -0.900. The van der Waals surface area contributed by atoms with Crippen molar-refractivity contribution >= 4 is 12.3 Å². The lowest BCUT2D eigenvalue weighted by Crippen LogP contribution is -2.36. The molecule has 0 spiro atoms. The van der Waals surface area contributed by atoms with Gasteiger partial charge in [-0.2, -0.15) is 0 Å². The summed E-state index contributed by atoms with van der Waals surface area (Å²) in [5.74, 6) is -1.59. The van der Waals surface area contributed by atoms with E-state index < -0.39 is 11.6 Å². The van der Waals surface area contributed by atoms with Crippen molar-refractivity contribution in [1.29, 1.82) is 0 Å². The van der Waals surface area contributed by atoms with Gasteiger partial charge < -0.3 is 10.2 Å². The number of carbonyl (C=O) groups excluding carboxylic acids is 1. The van der Waals surface area contributed by atoms with Crippen LogP contribution in [0.25, 0.3) is 0 Å². The Bertz CT molecular complexity index is 115. The molecule has 1 unspecified atom stereocenters. The van der Waals surface area contributed by atoms with E-state index in [-0.39, 0.29) is 0 Å². The normalized spacial score (nSPS) is 16.8. The highest BCUT2D eigenvalue weighted by Crippen LogP contribution is 1.95. The van der Waals surface area contributed by atoms with E-state index in [9.17, 15) is 9.59 Å². The summed E-state index contributed by atoms with van der Waals surface area (Å²) in [5.41, 5.74) is -2.35. The maximum atomic E-state index is 9.74. The minimum atomic E-state index is -2.35. The number of hydrogen-bond donors (Lipinski definition) is 2. The topological polar surface area (TPSA) is 74.6 Å². The van der Waals surface area contributed by atoms with Gasteiger partial charge in [0.05, 0.1) is 0 Å². The average Bonchev–Trinajstić information content (AvgIpc) is 1.67. The molecule has 0 fully saturated rings. The van der Waals surface area contributed by atoms with Crippen molar-refractivity contribution < 1.29 is 19.8 Å². The van der Waals surface area contributed by atoms with Gasteiger partial charge in [0.25, 0.3) is 0 Å². The lowest BCUT2D eigenvalue weighted by molar-refractivity contribution is -0.150. The number of hydrogen-bond acceptors (Lipinski definition) is 3. The molecule has 2 N–H and O–H groups in total. The van der Waals surface area contributed by atoms with E-state index in [1.54, 1.807) is 0 Å². The van der Waals surface area contributed by atoms with Crippen LogP contribution >= 0.6 is 0 Å². The number of carbonyl (C=O) groups is 1. The molecule has 0 saturated carbocycles. The van der Waals surface area contributed by atoms with Crippen molar-refractivity contribution in [3.8, 4) is 0 Å². The van der Waals surface area contributed by atoms with Crippen molar-refractivity contribution in [3.63, 3.8) is 0 Å². The predicted octanol–water partition coefficient (Wildman–Crippen LogP) is -1.07. The molecule has 0 aromatic heterocycles. The molecular formula is C4H5O4. The molecule has 0 aliphatic rings. The largest absolute Gasteiger partial charge is 0.479 e. The van der Waals surface area contributed by atoms with Crippen molar-refractivity contribution in [2.24, 2.45) is 0 Å². The Morgan fingerprint density at radius 1 is 1.75 bits per heavy atom. The van der Waals surface area contributed by atoms with Crippen LogP contribution in [-0.2, 0) is 9.59 Å². The quantitative estimate of drug-likeness (QED) is 0.452. The smallest absolute Gasteiger partial charge is 0.343 e. The number of rotatable bonds is 2. The zero-order chi connectivity index (χ0) is 6.78. The maximum Gasteiger partial charge on any atom is 0.343 e. The fourth-order valence-electron chi connectivity index (χ4n) is 0.0437. The summed E-state index contributed by atoms with van der Waals surface area (Å²) in [5, 5.41) is 16.3. The van der Waals surface area contributed by atoms with Crippen LogP contribution in [0.2, 0.25) is 0 Å². The second-order valence-corrected chi connectivity index (χ2v) is 1.48. The van der Waals surface area contributed by atoms with E-state index in [4.69, 9.17) is 10.2 Å². The van der Waals surface area contributed by atoms with Gasteiger partial charge in [0.15, 0.2) is 0 Å². The Morgan fingerprint density at radius 3 is 2.12 bits per heavy atom. The fourth-order valence-corrected chi connectivity index (χ4v) is 0.0437. The summed E-state index contributed by atoms with van der Waals surface area (Å²) < 4.78 is 0. The average molecular weight is 117 g/mol. The summed E-state index contributed by atoms with van der Waals surface area (Å²) in [6.07, 6.45) is 0.947. The Labute approximate surface area is 45.7 Å². The third-order valence-corrected chi connectivity index (χ3v) is 0.615. The van der Waals surface area contributed by atoms with E-state index in [1.165, 1.54) is 0 Å². The van der Waals surface area contributed by atoms with E-state index in [2.05, 4.69) is 0 Å². The second kappa shape index (κ2) is 1.92. The van der Waals surface area contributed by atoms with Gasteiger partial charge in [-0.3, -0.25) is 4.79 Å². The van der Waals surface area contributed by atoms with Crippen LogP contribution in [0.3, 0.4) is 0 Å². The highest BCUT2D eigenvalue weighted by Gasteiger charge is 2.29. The molecule has 0 aromatic carbocycles. The Balaban J connectivity index is 4.12. The Kier molecular flexibility index (Phi) is 1.70. The molecule has 1 radical (unpaired) electrons. The number of carboxylic acid groups (broad SMARTS) is 1. The lowest BCUT2D eigenvalue weighted by Gasteiger charge is -2.04. The van der Waals surface area contributed by atoms with Crippen LogP contribution in [0.1, 0.15) is 6.92 Å². The van der Waals surface area contributed by atoms with Crippen molar-refractivity contribution in [1.82, 2.24) is 0 Å². The van der Waals surface area contributed by atoms with Gasteiger partial charge in [0.1, 0.15) is 0 Å². The molecule has 4 nitrogen and oxygen atoms in total. The highest BCUT2D eigenvalue weighted by atomic mass is 16.4. The monoisotopic (exact) mass is 117 g/mol. The number of carboxylic acids is 1. The van der Waals surface area contributed by atoms with Crippen molar-refractivity contribution in [2.45, 2.75) is 12.5 Å². The molecule has 0 heterocycles. The molecule has 4 heteroatoms. The van der Waals surface area contributed by atoms with E-state index >= 15 is 0 Å². The van der Waals surface area contributed by atoms with Gasteiger partial charge in [0.2, 0.25) is 11.9 Å². The minimum Gasteiger partial charge on any atom is -0.479 e. The van der Waals surface area contributed by atoms with Gasteiger partial charge >= 0.3 is 5.97 Å². The molecule has 45 valence electrons. The third kappa shape index (κ3) is 1.31. The first-order valence-electron chi connectivity index (χ1n) is 1.86. The van der Waals surface area contributed by atoms with Gasteiger partial charge in [-0.25, -0.2) is 4.79 Å². The van der Waals surface area contributed by atoms with Gasteiger partial charge in [-0.1, -0.05) is 0 Å². The molecule has 0 rings (SSSR count). The van der Waals surface area contributed by atoms with Crippen LogP contribution in [0.4, 0.5) is 0 Å². The van der Waals surface area contributed by atoms with Crippen LogP contribution in [0.5, 0.6) is 0 Å². The molecule has 0 saturated heterocycles. The third-order valence-electron chi connectivity index (χ3n) is 0.615. The molecule has 0 aromatic rings. The standard InChI is InChI=1S/C4H5O4/c1-4(8,2-5)3(6)7/h8H,1H3,(H,6,7). The fraction of sp³-hybridized carbons (Fsp3) is 0.500. The predicted molar refractivity (Wildman–Crippen MR) is 24.0 cm³/mol. The molecular weight excluding hydrogens is 112 g/mol. The molecule has 8 heavy (non-hydrogen) atoms. The van der Waals surface area contributed by atoms with Crippen molar-refractivity contribution in [3.05, 3.63) is 0 Å². The first-order valence-corrected chi connectivity index (χ1v) is 1.86. The number of aliphatic carboxylic acids is 1. The maximum absolute atomic E-state index is 9.74. The lowest BCUT2D eigenvalue weighted by atomic mass is 10.1. The summed E-state index contributed by atoms with van der Waals surface area (Å²) in [4.78, 5) is 19.3. The zero-order valence-corrected chi connectivity index (χ0v) is 4.21. The molecule has 0 bridgehead atoms. The van der Waals surface area contributed by atoms with E-state index in [0.717, 1.165) is 13.2 Å². The number of aliphatic hydroxyl groups is 1. The SMILES string of the molecule is CC(O)([C]=O)C(=O)O. The minimum absolute atomic E-state index is 0.850. The van der Waals surface area contributed by atoms with Crippen molar-refractivity contribution in [2.75, 3.05) is 0 Å². The molecule has 0 aliphatic carbocycles. The van der Waals surface area contributed by atoms with Crippen LogP contribution in [0, 0.1) is 0 Å². The summed E-state index contributed by atoms with van der Waals surface area (Å²) >= 11 is 0. The summed E-state index contributed by atoms with van der Waals surface area (Å²) in [6.45, 7) is 0.850. The zero-order valence-electron chi connectivity index (χ0n) is 4.21. The second-order valence-electron chi connectivity index (χ2n) is 1.48.